The molecule has 0 spiro atoms. The molecule has 1 fully saturated rings. The molecule has 1 unspecified atom stereocenters. The molecule has 2 amide bonds. The summed E-state index contributed by atoms with van der Waals surface area (Å²) in [6.45, 7) is 5.28. The smallest absolute Gasteiger partial charge is 0.248 e. The van der Waals surface area contributed by atoms with Gasteiger partial charge in [0, 0.05) is 29.0 Å². The van der Waals surface area contributed by atoms with Gasteiger partial charge in [-0.05, 0) is 32.9 Å². The third kappa shape index (κ3) is 3.43. The Balaban J connectivity index is 2.31. The molecule has 6 heteroatoms. The van der Waals surface area contributed by atoms with Crippen molar-refractivity contribution >= 4 is 27.7 Å². The van der Waals surface area contributed by atoms with Crippen LogP contribution in [0.4, 0.5) is 4.39 Å². The van der Waals surface area contributed by atoms with Crippen molar-refractivity contribution in [3.05, 3.63) is 34.1 Å². The molecule has 0 bridgehead atoms. The van der Waals surface area contributed by atoms with E-state index in [4.69, 9.17) is 0 Å². The highest BCUT2D eigenvalue weighted by Gasteiger charge is 2.39. The highest BCUT2D eigenvalue weighted by atomic mass is 79.9. The largest absolute Gasteiger partial charge is 0.342 e. The van der Waals surface area contributed by atoms with Crippen molar-refractivity contribution in [1.82, 2.24) is 10.2 Å². The highest BCUT2D eigenvalue weighted by molar-refractivity contribution is 9.10. The summed E-state index contributed by atoms with van der Waals surface area (Å²) in [5.74, 6) is -0.742. The number of carbonyl (C=O) groups is 2. The van der Waals surface area contributed by atoms with Gasteiger partial charge >= 0.3 is 0 Å². The zero-order chi connectivity index (χ0) is 15.8. The average molecular weight is 357 g/mol. The van der Waals surface area contributed by atoms with Crippen molar-refractivity contribution in [2.75, 3.05) is 0 Å². The second kappa shape index (κ2) is 5.75. The van der Waals surface area contributed by atoms with Crippen LogP contribution in [0.1, 0.15) is 32.8 Å². The van der Waals surface area contributed by atoms with E-state index < -0.39 is 5.54 Å². The number of halogens is 2. The Kier molecular flexibility index (Phi) is 4.37. The van der Waals surface area contributed by atoms with Gasteiger partial charge in [0.1, 0.15) is 11.4 Å². The number of amides is 2. The molecule has 1 aromatic rings. The van der Waals surface area contributed by atoms with E-state index in [-0.39, 0.29) is 36.6 Å². The van der Waals surface area contributed by atoms with Crippen molar-refractivity contribution < 1.29 is 14.0 Å². The van der Waals surface area contributed by atoms with Crippen LogP contribution in [0.25, 0.3) is 0 Å². The van der Waals surface area contributed by atoms with E-state index in [0.29, 0.717) is 10.0 Å². The summed E-state index contributed by atoms with van der Waals surface area (Å²) in [5.41, 5.74) is -0.545. The molecule has 1 atom stereocenters. The average Bonchev–Trinajstić information content (AvgIpc) is 2.41. The van der Waals surface area contributed by atoms with Crippen LogP contribution in [0.5, 0.6) is 0 Å². The first-order chi connectivity index (χ1) is 9.70. The maximum absolute atomic E-state index is 14.0. The summed E-state index contributed by atoms with van der Waals surface area (Å²) >= 11 is 3.21. The second-order valence-electron chi connectivity index (χ2n) is 5.90. The fourth-order valence-corrected chi connectivity index (χ4v) is 2.78. The number of nitrogens with zero attached hydrogens (tertiary/aromatic N) is 1. The summed E-state index contributed by atoms with van der Waals surface area (Å²) in [4.78, 5) is 25.9. The first kappa shape index (κ1) is 15.9. The minimum Gasteiger partial charge on any atom is -0.342 e. The molecule has 1 saturated heterocycles. The van der Waals surface area contributed by atoms with Crippen LogP contribution < -0.4 is 5.32 Å². The predicted octanol–water partition coefficient (Wildman–Crippen LogP) is 2.60. The molecule has 1 aromatic carbocycles. The van der Waals surface area contributed by atoms with E-state index >= 15 is 0 Å². The molecule has 1 N–H and O–H groups in total. The Morgan fingerprint density at radius 2 is 2.10 bits per heavy atom. The lowest BCUT2D eigenvalue weighted by Gasteiger charge is -2.32. The van der Waals surface area contributed by atoms with Crippen molar-refractivity contribution in [2.24, 2.45) is 0 Å². The normalized spacial score (nSPS) is 22.0. The van der Waals surface area contributed by atoms with E-state index in [1.165, 1.54) is 6.07 Å². The minimum absolute atomic E-state index is 0.150. The van der Waals surface area contributed by atoms with Gasteiger partial charge in [-0.3, -0.25) is 9.59 Å². The monoisotopic (exact) mass is 356 g/mol. The molecule has 1 heterocycles. The van der Waals surface area contributed by atoms with Gasteiger partial charge in [0.25, 0.3) is 0 Å². The first-order valence-corrected chi connectivity index (χ1v) is 7.56. The molecule has 0 aliphatic carbocycles. The van der Waals surface area contributed by atoms with Crippen molar-refractivity contribution in [3.8, 4) is 0 Å². The summed E-state index contributed by atoms with van der Waals surface area (Å²) in [5, 5.41) is 2.71. The number of hydrogen-bond donors (Lipinski definition) is 1. The van der Waals surface area contributed by atoms with E-state index in [2.05, 4.69) is 21.2 Å². The SMILES string of the molecule is CC1CC(=O)NC(C)(C)C(=O)N1Cc1ccc(Br)cc1F. The van der Waals surface area contributed by atoms with E-state index in [9.17, 15) is 14.0 Å². The summed E-state index contributed by atoms with van der Waals surface area (Å²) in [6.07, 6.45) is 0.216. The lowest BCUT2D eigenvalue weighted by atomic mass is 10.0. The molecule has 2 rings (SSSR count). The third-order valence-electron chi connectivity index (χ3n) is 3.62. The summed E-state index contributed by atoms with van der Waals surface area (Å²) in [7, 11) is 0. The predicted molar refractivity (Wildman–Crippen MR) is 81.0 cm³/mol. The summed E-state index contributed by atoms with van der Waals surface area (Å²) in [6, 6.07) is 4.48. The Hall–Kier alpha value is -1.43. The number of rotatable bonds is 2. The maximum Gasteiger partial charge on any atom is 0.248 e. The number of benzene rings is 1. The molecule has 4 nitrogen and oxygen atoms in total. The molecular formula is C15H18BrFN2O2. The van der Waals surface area contributed by atoms with E-state index in [1.54, 1.807) is 37.8 Å². The Labute approximate surface area is 131 Å². The highest BCUT2D eigenvalue weighted by Crippen LogP contribution is 2.23. The van der Waals surface area contributed by atoms with Crippen LogP contribution in [0.3, 0.4) is 0 Å². The standard InChI is InChI=1S/C15H18BrFN2O2/c1-9-6-13(20)18-15(2,3)14(21)19(9)8-10-4-5-11(16)7-12(10)17/h4-5,7,9H,6,8H2,1-3H3,(H,18,20). The maximum atomic E-state index is 14.0. The van der Waals surface area contributed by atoms with Gasteiger partial charge in [-0.25, -0.2) is 4.39 Å². The molecule has 0 saturated carbocycles. The molecular weight excluding hydrogens is 339 g/mol. The van der Waals surface area contributed by atoms with Crippen LogP contribution in [0.2, 0.25) is 0 Å². The zero-order valence-electron chi connectivity index (χ0n) is 12.2. The van der Waals surface area contributed by atoms with Crippen LogP contribution >= 0.6 is 15.9 Å². The summed E-state index contributed by atoms with van der Waals surface area (Å²) < 4.78 is 14.6. The topological polar surface area (TPSA) is 49.4 Å². The van der Waals surface area contributed by atoms with Crippen molar-refractivity contribution in [2.45, 2.75) is 45.3 Å². The number of carbonyl (C=O) groups excluding carboxylic acids is 2. The fourth-order valence-electron chi connectivity index (χ4n) is 2.45. The van der Waals surface area contributed by atoms with E-state index in [1.807, 2.05) is 0 Å². The van der Waals surface area contributed by atoms with Gasteiger partial charge in [0.2, 0.25) is 11.8 Å². The number of nitrogens with one attached hydrogen (secondary N) is 1. The number of hydrogen-bond acceptors (Lipinski definition) is 2. The van der Waals surface area contributed by atoms with Gasteiger partial charge in [0.15, 0.2) is 0 Å². The Bertz CT molecular complexity index is 589. The lowest BCUT2D eigenvalue weighted by Crippen LogP contribution is -2.53. The molecule has 21 heavy (non-hydrogen) atoms. The fraction of sp³-hybridized carbons (Fsp3) is 0.467. The molecule has 1 aliphatic heterocycles. The van der Waals surface area contributed by atoms with Crippen LogP contribution in [0.15, 0.2) is 22.7 Å². The van der Waals surface area contributed by atoms with Crippen molar-refractivity contribution in [1.29, 1.82) is 0 Å². The van der Waals surface area contributed by atoms with Crippen LogP contribution in [0, 0.1) is 5.82 Å². The molecule has 1 aliphatic rings. The van der Waals surface area contributed by atoms with Gasteiger partial charge < -0.3 is 10.2 Å². The molecule has 114 valence electrons. The quantitative estimate of drug-likeness (QED) is 0.885. The van der Waals surface area contributed by atoms with E-state index in [0.717, 1.165) is 0 Å². The van der Waals surface area contributed by atoms with Crippen molar-refractivity contribution in [3.63, 3.8) is 0 Å². The third-order valence-corrected chi connectivity index (χ3v) is 4.11. The lowest BCUT2D eigenvalue weighted by molar-refractivity contribution is -0.139. The van der Waals surface area contributed by atoms with Gasteiger partial charge in [-0.1, -0.05) is 22.0 Å². The van der Waals surface area contributed by atoms with Gasteiger partial charge in [-0.15, -0.1) is 0 Å². The minimum atomic E-state index is -0.978. The Morgan fingerprint density at radius 3 is 2.71 bits per heavy atom. The Morgan fingerprint density at radius 1 is 1.43 bits per heavy atom. The van der Waals surface area contributed by atoms with Crippen LogP contribution in [-0.4, -0.2) is 28.3 Å². The molecule has 0 aromatic heterocycles. The van der Waals surface area contributed by atoms with Gasteiger partial charge in [-0.2, -0.15) is 0 Å². The molecule has 0 radical (unpaired) electrons. The van der Waals surface area contributed by atoms with Crippen LogP contribution in [-0.2, 0) is 16.1 Å². The zero-order valence-corrected chi connectivity index (χ0v) is 13.8. The second-order valence-corrected chi connectivity index (χ2v) is 6.81. The first-order valence-electron chi connectivity index (χ1n) is 6.76. The van der Waals surface area contributed by atoms with Gasteiger partial charge in [0.05, 0.1) is 0 Å².